The number of carboxylic acids is 1. The van der Waals surface area contributed by atoms with Crippen LogP contribution in [0, 0.1) is 5.92 Å². The van der Waals surface area contributed by atoms with E-state index in [0.717, 1.165) is 0 Å². The van der Waals surface area contributed by atoms with Crippen molar-refractivity contribution in [1.82, 2.24) is 37.2 Å². The summed E-state index contributed by atoms with van der Waals surface area (Å²) in [4.78, 5) is 120. The van der Waals surface area contributed by atoms with E-state index in [1.807, 2.05) is 0 Å². The number of guanidine groups is 1. The summed E-state index contributed by atoms with van der Waals surface area (Å²) in [6.45, 7) is 6.25. The number of aliphatic carboxylic acids is 1. The normalized spacial score (nSPS) is 14.4. The monoisotopic (exact) mass is 857 g/mol. The fraction of sp³-hybridized carbons (Fsp3) is 0.722. The van der Waals surface area contributed by atoms with Crippen molar-refractivity contribution in [3.05, 3.63) is 0 Å². The zero-order chi connectivity index (χ0) is 45.9. The van der Waals surface area contributed by atoms with Crippen LogP contribution in [0.4, 0.5) is 0 Å². The molecule has 0 aromatic carbocycles. The summed E-state index contributed by atoms with van der Waals surface area (Å²) in [5.74, 6) is -8.18. The Morgan fingerprint density at radius 3 is 1.50 bits per heavy atom. The Labute approximate surface area is 350 Å². The second-order valence-corrected chi connectivity index (χ2v) is 14.8. The minimum atomic E-state index is -1.58. The highest BCUT2D eigenvalue weighted by atomic mass is 16.4. The summed E-state index contributed by atoms with van der Waals surface area (Å²) in [6, 6.07) is -8.69. The van der Waals surface area contributed by atoms with Crippen molar-refractivity contribution >= 4 is 59.2 Å². The molecule has 0 aliphatic rings. The fourth-order valence-electron chi connectivity index (χ4n) is 5.44. The number of nitrogens with one attached hydrogen (secondary N) is 7. The topological polar surface area (TPSA) is 427 Å². The Morgan fingerprint density at radius 1 is 0.567 bits per heavy atom. The van der Waals surface area contributed by atoms with Crippen molar-refractivity contribution in [2.24, 2.45) is 45.3 Å². The number of aliphatic imine (C=N–C) groups is 1. The molecule has 24 nitrogen and oxygen atoms in total. The summed E-state index contributed by atoms with van der Waals surface area (Å²) in [5, 5.41) is 26.4. The molecule has 0 saturated heterocycles. The van der Waals surface area contributed by atoms with E-state index in [-0.39, 0.29) is 57.1 Å². The van der Waals surface area contributed by atoms with Crippen LogP contribution in [0.5, 0.6) is 0 Å². The Morgan fingerprint density at radius 2 is 1.02 bits per heavy atom. The van der Waals surface area contributed by atoms with Gasteiger partial charge in [-0.25, -0.2) is 0 Å². The van der Waals surface area contributed by atoms with Crippen LogP contribution < -0.4 is 71.6 Å². The molecule has 0 aromatic heterocycles. The lowest BCUT2D eigenvalue weighted by Crippen LogP contribution is -2.59. The molecular weight excluding hydrogens is 788 g/mol. The molecular formula is C36H68N14O10. The molecule has 342 valence electrons. The van der Waals surface area contributed by atoms with Gasteiger partial charge in [0, 0.05) is 6.54 Å². The molecule has 0 unspecified atom stereocenters. The lowest BCUT2D eigenvalue weighted by Gasteiger charge is -2.27. The molecule has 0 aliphatic carbocycles. The summed E-state index contributed by atoms with van der Waals surface area (Å²) >= 11 is 0. The van der Waals surface area contributed by atoms with E-state index in [2.05, 4.69) is 42.2 Å². The van der Waals surface area contributed by atoms with Crippen LogP contribution in [0.1, 0.15) is 91.9 Å². The molecule has 0 heterocycles. The smallest absolute Gasteiger partial charge is 0.325 e. The van der Waals surface area contributed by atoms with Crippen molar-refractivity contribution in [3.8, 4) is 0 Å². The average Bonchev–Trinajstić information content (AvgIpc) is 3.15. The van der Waals surface area contributed by atoms with E-state index in [9.17, 15) is 48.3 Å². The molecule has 8 amide bonds. The van der Waals surface area contributed by atoms with Crippen molar-refractivity contribution < 1.29 is 48.3 Å². The number of unbranched alkanes of at least 4 members (excludes halogenated alkanes) is 2. The minimum absolute atomic E-state index is 0.00524. The van der Waals surface area contributed by atoms with Crippen LogP contribution in [0.2, 0.25) is 0 Å². The molecule has 60 heavy (non-hydrogen) atoms. The van der Waals surface area contributed by atoms with Crippen molar-refractivity contribution in [3.63, 3.8) is 0 Å². The molecule has 0 fully saturated rings. The number of nitrogens with two attached hydrogens (primary N) is 6. The SMILES string of the molecule is CC(C)C[C@H](NC(=O)[C@H](C)N)C(=O)N[C@@H](CC(N)=O)C(=O)N[C@@H](CCCCN)C(=O)N[C@@H](CCCN=C(N)N)C(=O)NCC(=O)N[C@@H](CCCCN)C(=O)N[C@@H](C)C(=O)O. The predicted octanol–water partition coefficient (Wildman–Crippen LogP) is -5.30. The fourth-order valence-corrected chi connectivity index (χ4v) is 5.44. The zero-order valence-corrected chi connectivity index (χ0v) is 35.1. The van der Waals surface area contributed by atoms with Gasteiger partial charge in [-0.05, 0) is 90.6 Å². The lowest BCUT2D eigenvalue weighted by molar-refractivity contribution is -0.141. The first kappa shape index (κ1) is 54.4. The quantitative estimate of drug-likeness (QED) is 0.0176. The predicted molar refractivity (Wildman–Crippen MR) is 221 cm³/mol. The molecule has 0 saturated carbocycles. The van der Waals surface area contributed by atoms with Gasteiger partial charge in [0.1, 0.15) is 36.3 Å². The third kappa shape index (κ3) is 23.7. The number of amides is 8. The van der Waals surface area contributed by atoms with Gasteiger partial charge >= 0.3 is 5.97 Å². The van der Waals surface area contributed by atoms with E-state index in [0.29, 0.717) is 32.2 Å². The molecule has 0 aliphatic heterocycles. The summed E-state index contributed by atoms with van der Waals surface area (Å²) in [7, 11) is 0. The molecule has 0 aromatic rings. The van der Waals surface area contributed by atoms with Crippen LogP contribution in [0.3, 0.4) is 0 Å². The first-order chi connectivity index (χ1) is 28.1. The maximum Gasteiger partial charge on any atom is 0.325 e. The van der Waals surface area contributed by atoms with E-state index in [1.54, 1.807) is 13.8 Å². The average molecular weight is 857 g/mol. The number of carboxylic acid groups (broad SMARTS) is 1. The van der Waals surface area contributed by atoms with Gasteiger partial charge in [0.2, 0.25) is 47.3 Å². The van der Waals surface area contributed by atoms with Crippen LogP contribution in [0.25, 0.3) is 0 Å². The highest BCUT2D eigenvalue weighted by Gasteiger charge is 2.33. The van der Waals surface area contributed by atoms with E-state index in [1.165, 1.54) is 13.8 Å². The number of hydrogen-bond donors (Lipinski definition) is 14. The number of primary amides is 1. The second-order valence-electron chi connectivity index (χ2n) is 14.8. The number of rotatable bonds is 31. The van der Waals surface area contributed by atoms with Gasteiger partial charge in [0.15, 0.2) is 5.96 Å². The molecule has 0 rings (SSSR count). The van der Waals surface area contributed by atoms with Gasteiger partial charge in [-0.1, -0.05) is 13.8 Å². The molecule has 7 atom stereocenters. The second kappa shape index (κ2) is 29.6. The van der Waals surface area contributed by atoms with E-state index in [4.69, 9.17) is 34.4 Å². The lowest BCUT2D eigenvalue weighted by atomic mass is 10.0. The standard InChI is InChI=1S/C36H68N14O10/c1-19(2)16-25(49-29(53)20(3)39)33(57)50-26(17-27(40)51)34(58)48-24(11-6-8-14-38)32(56)47-22(12-9-15-43-36(41)42)30(54)44-18-28(52)46-23(10-5-7-13-37)31(55)45-21(4)35(59)60/h19-26H,5-18,37-39H2,1-4H3,(H2,40,51)(H,44,54)(H,45,55)(H,46,52)(H,47,56)(H,48,58)(H,49,53)(H,50,57)(H,59,60)(H4,41,42,43)/t20-,21-,22-,23-,24-,25-,26-/m0/s1. The molecule has 0 spiro atoms. The number of nitrogens with zero attached hydrogens (tertiary/aromatic N) is 1. The Balaban J connectivity index is 6.27. The van der Waals surface area contributed by atoms with E-state index < -0.39 is 108 Å². The van der Waals surface area contributed by atoms with Crippen LogP contribution in [-0.4, -0.2) is 133 Å². The zero-order valence-electron chi connectivity index (χ0n) is 35.1. The number of hydrogen-bond acceptors (Lipinski definition) is 13. The summed E-state index contributed by atoms with van der Waals surface area (Å²) in [6.07, 6.45) is 1.45. The number of carbonyl (C=O) groups excluding carboxylic acids is 8. The molecule has 20 N–H and O–H groups in total. The Bertz CT molecular complexity index is 1470. The van der Waals surface area contributed by atoms with Gasteiger partial charge in [-0.3, -0.25) is 48.1 Å². The third-order valence-corrected chi connectivity index (χ3v) is 8.70. The van der Waals surface area contributed by atoms with Gasteiger partial charge < -0.3 is 76.7 Å². The maximum atomic E-state index is 13.8. The maximum absolute atomic E-state index is 13.8. The molecule has 0 radical (unpaired) electrons. The van der Waals surface area contributed by atoms with Gasteiger partial charge in [-0.15, -0.1) is 0 Å². The van der Waals surface area contributed by atoms with Crippen LogP contribution >= 0.6 is 0 Å². The molecule has 0 bridgehead atoms. The third-order valence-electron chi connectivity index (χ3n) is 8.70. The highest BCUT2D eigenvalue weighted by molar-refractivity contribution is 5.98. The summed E-state index contributed by atoms with van der Waals surface area (Å²) in [5.41, 5.74) is 33.1. The van der Waals surface area contributed by atoms with E-state index >= 15 is 0 Å². The van der Waals surface area contributed by atoms with Crippen LogP contribution in [-0.2, 0) is 43.2 Å². The minimum Gasteiger partial charge on any atom is -0.480 e. The highest BCUT2D eigenvalue weighted by Crippen LogP contribution is 2.09. The Hall–Kier alpha value is -5.62. The van der Waals surface area contributed by atoms with Crippen molar-refractivity contribution in [2.45, 2.75) is 134 Å². The van der Waals surface area contributed by atoms with Crippen molar-refractivity contribution in [2.75, 3.05) is 26.2 Å². The van der Waals surface area contributed by atoms with Gasteiger partial charge in [0.25, 0.3) is 0 Å². The first-order valence-electron chi connectivity index (χ1n) is 19.9. The van der Waals surface area contributed by atoms with Crippen LogP contribution in [0.15, 0.2) is 4.99 Å². The summed E-state index contributed by atoms with van der Waals surface area (Å²) < 4.78 is 0. The Kier molecular flexibility index (Phi) is 26.8. The van der Waals surface area contributed by atoms with Gasteiger partial charge in [-0.2, -0.15) is 0 Å². The number of carbonyl (C=O) groups is 9. The first-order valence-corrected chi connectivity index (χ1v) is 19.9. The van der Waals surface area contributed by atoms with Crippen molar-refractivity contribution in [1.29, 1.82) is 0 Å². The molecule has 24 heteroatoms. The van der Waals surface area contributed by atoms with Gasteiger partial charge in [0.05, 0.1) is 19.0 Å². The largest absolute Gasteiger partial charge is 0.480 e.